The normalized spacial score (nSPS) is 13.0. The Bertz CT molecular complexity index is 723. The molecular weight excluding hydrogens is 358 g/mol. The van der Waals surface area contributed by atoms with Gasteiger partial charge in [0.05, 0.1) is 15.1 Å². The number of carbonyl (C=O) groups excluding carboxylic acids is 1. The zero-order chi connectivity index (χ0) is 15.0. The smallest absolute Gasteiger partial charge is 0.284 e. The van der Waals surface area contributed by atoms with Crippen LogP contribution in [0.5, 0.6) is 0 Å². The highest BCUT2D eigenvalue weighted by Gasteiger charge is 2.20. The van der Waals surface area contributed by atoms with Crippen molar-refractivity contribution in [2.45, 2.75) is 19.3 Å². The Hall–Kier alpha value is -1.80. The van der Waals surface area contributed by atoms with Gasteiger partial charge in [-0.1, -0.05) is 0 Å². The number of anilines is 1. The fourth-order valence-corrected chi connectivity index (χ4v) is 3.64. The molecule has 0 unspecified atom stereocenters. The Morgan fingerprint density at radius 2 is 2.24 bits per heavy atom. The van der Waals surface area contributed by atoms with E-state index >= 15 is 0 Å². The molecule has 6 nitrogen and oxygen atoms in total. The van der Waals surface area contributed by atoms with Gasteiger partial charge in [-0.15, -0.1) is 11.3 Å². The molecule has 108 valence electrons. The molecule has 0 spiro atoms. The first-order valence-electron chi connectivity index (χ1n) is 6.28. The first kappa shape index (κ1) is 14.2. The van der Waals surface area contributed by atoms with Crippen LogP contribution in [0.15, 0.2) is 22.7 Å². The minimum absolute atomic E-state index is 0.135. The van der Waals surface area contributed by atoms with Crippen LogP contribution in [-0.4, -0.2) is 15.8 Å². The van der Waals surface area contributed by atoms with Crippen LogP contribution in [0.1, 0.15) is 27.3 Å². The molecular formula is C13H10BrN3O3S. The van der Waals surface area contributed by atoms with Crippen molar-refractivity contribution in [3.8, 4) is 0 Å². The number of hydrogen-bond donors (Lipinski definition) is 1. The molecule has 1 aromatic carbocycles. The van der Waals surface area contributed by atoms with E-state index in [9.17, 15) is 14.9 Å². The van der Waals surface area contributed by atoms with E-state index in [-0.39, 0.29) is 11.3 Å². The fourth-order valence-electron chi connectivity index (χ4n) is 2.21. The molecule has 1 N–H and O–H groups in total. The SMILES string of the molecule is O=C(Nc1nc2c(s1)CCC2)c1ccc(Br)c([N+](=O)[O-])c1. The number of amides is 1. The van der Waals surface area contributed by atoms with Crippen molar-refractivity contribution < 1.29 is 9.72 Å². The van der Waals surface area contributed by atoms with Crippen molar-refractivity contribution >= 4 is 44.0 Å². The number of hydrogen-bond acceptors (Lipinski definition) is 5. The van der Waals surface area contributed by atoms with Crippen LogP contribution in [0, 0.1) is 10.1 Å². The molecule has 2 aromatic rings. The Balaban J connectivity index is 1.81. The van der Waals surface area contributed by atoms with E-state index in [4.69, 9.17) is 0 Å². The van der Waals surface area contributed by atoms with Gasteiger partial charge in [0.15, 0.2) is 5.13 Å². The number of aryl methyl sites for hydroxylation is 2. The predicted molar refractivity (Wildman–Crippen MR) is 82.9 cm³/mol. The Morgan fingerprint density at radius 3 is 2.95 bits per heavy atom. The average molecular weight is 368 g/mol. The summed E-state index contributed by atoms with van der Waals surface area (Å²) in [5, 5.41) is 14.1. The zero-order valence-corrected chi connectivity index (χ0v) is 13.2. The van der Waals surface area contributed by atoms with Crippen molar-refractivity contribution in [1.82, 2.24) is 4.98 Å². The summed E-state index contributed by atoms with van der Waals surface area (Å²) in [5.41, 5.74) is 1.15. The second kappa shape index (κ2) is 5.53. The van der Waals surface area contributed by atoms with E-state index in [1.165, 1.54) is 34.4 Å². The molecule has 0 bridgehead atoms. The molecule has 3 rings (SSSR count). The van der Waals surface area contributed by atoms with Gasteiger partial charge in [-0.3, -0.25) is 20.2 Å². The zero-order valence-electron chi connectivity index (χ0n) is 10.8. The number of nitrogens with zero attached hydrogens (tertiary/aromatic N) is 2. The monoisotopic (exact) mass is 367 g/mol. The summed E-state index contributed by atoms with van der Waals surface area (Å²) < 4.78 is 0.345. The Kier molecular flexibility index (Phi) is 3.73. The minimum atomic E-state index is -0.529. The van der Waals surface area contributed by atoms with Gasteiger partial charge in [0.1, 0.15) is 0 Å². The average Bonchev–Trinajstić information content (AvgIpc) is 2.99. The van der Waals surface area contributed by atoms with E-state index in [0.29, 0.717) is 9.60 Å². The van der Waals surface area contributed by atoms with Gasteiger partial charge >= 0.3 is 0 Å². The molecule has 21 heavy (non-hydrogen) atoms. The van der Waals surface area contributed by atoms with E-state index in [2.05, 4.69) is 26.2 Å². The minimum Gasteiger partial charge on any atom is -0.298 e. The standard InChI is InChI=1S/C13H10BrN3O3S/c14-8-5-4-7(6-10(8)17(19)20)12(18)16-13-15-9-2-1-3-11(9)21-13/h4-6H,1-3H2,(H,15,16,18). The number of nitrogens with one attached hydrogen (secondary N) is 1. The highest BCUT2D eigenvalue weighted by molar-refractivity contribution is 9.10. The van der Waals surface area contributed by atoms with Crippen LogP contribution in [0.2, 0.25) is 0 Å². The summed E-state index contributed by atoms with van der Waals surface area (Å²) in [5.74, 6) is -0.391. The number of aromatic nitrogens is 1. The molecule has 0 saturated carbocycles. The van der Waals surface area contributed by atoms with E-state index in [1.807, 2.05) is 0 Å². The Morgan fingerprint density at radius 1 is 1.43 bits per heavy atom. The van der Waals surface area contributed by atoms with Crippen LogP contribution in [0.4, 0.5) is 10.8 Å². The number of fused-ring (bicyclic) bond motifs is 1. The number of rotatable bonds is 3. The lowest BCUT2D eigenvalue weighted by atomic mass is 10.2. The first-order valence-corrected chi connectivity index (χ1v) is 7.89. The van der Waals surface area contributed by atoms with Gasteiger partial charge in [-0.25, -0.2) is 4.98 Å². The number of nitro benzene ring substituents is 1. The molecule has 1 heterocycles. The third-order valence-electron chi connectivity index (χ3n) is 3.22. The Labute approximate surface area is 132 Å². The van der Waals surface area contributed by atoms with Gasteiger partial charge in [0, 0.05) is 16.5 Å². The summed E-state index contributed by atoms with van der Waals surface area (Å²) in [6, 6.07) is 4.28. The first-order chi connectivity index (χ1) is 10.0. The maximum atomic E-state index is 12.1. The van der Waals surface area contributed by atoms with Gasteiger partial charge in [-0.2, -0.15) is 0 Å². The molecule has 1 aromatic heterocycles. The third-order valence-corrected chi connectivity index (χ3v) is 4.96. The molecule has 1 amide bonds. The van der Waals surface area contributed by atoms with E-state index < -0.39 is 10.8 Å². The number of carbonyl (C=O) groups is 1. The van der Waals surface area contributed by atoms with E-state index in [1.54, 1.807) is 0 Å². The quantitative estimate of drug-likeness (QED) is 0.663. The fraction of sp³-hybridized carbons (Fsp3) is 0.231. The van der Waals surface area contributed by atoms with E-state index in [0.717, 1.165) is 25.0 Å². The number of benzene rings is 1. The lowest BCUT2D eigenvalue weighted by Gasteiger charge is -2.03. The highest BCUT2D eigenvalue weighted by Crippen LogP contribution is 2.31. The largest absolute Gasteiger partial charge is 0.298 e. The summed E-state index contributed by atoms with van der Waals surface area (Å²) in [4.78, 5) is 28.1. The summed E-state index contributed by atoms with van der Waals surface area (Å²) in [6.45, 7) is 0. The van der Waals surface area contributed by atoms with Crippen LogP contribution < -0.4 is 5.32 Å². The number of thiazole rings is 1. The lowest BCUT2D eigenvalue weighted by Crippen LogP contribution is -2.12. The summed E-state index contributed by atoms with van der Waals surface area (Å²) >= 11 is 4.57. The van der Waals surface area contributed by atoms with Crippen molar-refractivity contribution in [2.24, 2.45) is 0 Å². The van der Waals surface area contributed by atoms with Crippen molar-refractivity contribution in [3.63, 3.8) is 0 Å². The van der Waals surface area contributed by atoms with Crippen LogP contribution in [0.3, 0.4) is 0 Å². The van der Waals surface area contributed by atoms with Gasteiger partial charge in [-0.05, 0) is 47.3 Å². The summed E-state index contributed by atoms with van der Waals surface area (Å²) in [6.07, 6.45) is 3.07. The maximum absolute atomic E-state index is 12.1. The van der Waals surface area contributed by atoms with Gasteiger partial charge < -0.3 is 0 Å². The van der Waals surface area contributed by atoms with Crippen molar-refractivity contribution in [2.75, 3.05) is 5.32 Å². The molecule has 0 saturated heterocycles. The highest BCUT2D eigenvalue weighted by atomic mass is 79.9. The maximum Gasteiger partial charge on any atom is 0.284 e. The second-order valence-corrected chi connectivity index (χ2v) is 6.56. The summed E-state index contributed by atoms with van der Waals surface area (Å²) in [7, 11) is 0. The molecule has 0 fully saturated rings. The molecule has 8 heteroatoms. The molecule has 1 aliphatic carbocycles. The molecule has 0 aliphatic heterocycles. The van der Waals surface area contributed by atoms with Gasteiger partial charge in [0.25, 0.3) is 11.6 Å². The van der Waals surface area contributed by atoms with Crippen LogP contribution in [-0.2, 0) is 12.8 Å². The second-order valence-electron chi connectivity index (χ2n) is 4.62. The van der Waals surface area contributed by atoms with Crippen molar-refractivity contribution in [1.29, 1.82) is 0 Å². The molecule has 0 radical (unpaired) electrons. The van der Waals surface area contributed by atoms with Crippen LogP contribution >= 0.6 is 27.3 Å². The van der Waals surface area contributed by atoms with Crippen LogP contribution in [0.25, 0.3) is 0 Å². The number of halogens is 1. The number of nitro groups is 1. The van der Waals surface area contributed by atoms with Gasteiger partial charge in [0.2, 0.25) is 0 Å². The molecule has 0 atom stereocenters. The lowest BCUT2D eigenvalue weighted by molar-refractivity contribution is -0.385. The van der Waals surface area contributed by atoms with Crippen molar-refractivity contribution in [3.05, 3.63) is 48.9 Å². The third kappa shape index (κ3) is 2.81. The topological polar surface area (TPSA) is 85.1 Å². The molecule has 1 aliphatic rings. The predicted octanol–water partition coefficient (Wildman–Crippen LogP) is 3.55.